The van der Waals surface area contributed by atoms with Crippen molar-refractivity contribution in [2.45, 2.75) is 46.5 Å². The van der Waals surface area contributed by atoms with Crippen LogP contribution in [0.5, 0.6) is 0 Å². The lowest BCUT2D eigenvalue weighted by atomic mass is 9.91. The molecule has 0 N–H and O–H groups in total. The van der Waals surface area contributed by atoms with Gasteiger partial charge in [0.05, 0.1) is 6.61 Å². The zero-order valence-corrected chi connectivity index (χ0v) is 9.58. The second-order valence-electron chi connectivity index (χ2n) is 4.69. The van der Waals surface area contributed by atoms with Crippen LogP contribution in [0.2, 0.25) is 0 Å². The quantitative estimate of drug-likeness (QED) is 0.613. The number of rotatable bonds is 6. The lowest BCUT2D eigenvalue weighted by molar-refractivity contribution is -0.145. The Kier molecular flexibility index (Phi) is 4.43. The van der Waals surface area contributed by atoms with Crippen LogP contribution in [0, 0.1) is 17.8 Å². The Morgan fingerprint density at radius 1 is 1.36 bits per heavy atom. The van der Waals surface area contributed by atoms with E-state index in [0.717, 1.165) is 6.42 Å². The first kappa shape index (κ1) is 11.5. The highest BCUT2D eigenvalue weighted by atomic mass is 16.5. The molecule has 0 saturated heterocycles. The molecule has 2 heteroatoms. The van der Waals surface area contributed by atoms with Crippen molar-refractivity contribution in [2.24, 2.45) is 17.8 Å². The van der Waals surface area contributed by atoms with Crippen LogP contribution in [0.25, 0.3) is 0 Å². The fourth-order valence-corrected chi connectivity index (χ4v) is 1.42. The monoisotopic (exact) mass is 198 g/mol. The molecule has 0 spiro atoms. The number of carbonyl (C=O) groups is 1. The molecule has 82 valence electrons. The number of hydrogen-bond acceptors (Lipinski definition) is 2. The maximum Gasteiger partial charge on any atom is 0.306 e. The van der Waals surface area contributed by atoms with Gasteiger partial charge in [0.15, 0.2) is 0 Å². The summed E-state index contributed by atoms with van der Waals surface area (Å²) in [7, 11) is 0. The van der Waals surface area contributed by atoms with Crippen LogP contribution in [0.15, 0.2) is 0 Å². The molecule has 0 radical (unpaired) electrons. The molecule has 14 heavy (non-hydrogen) atoms. The first-order valence-corrected chi connectivity index (χ1v) is 5.79. The molecule has 1 fully saturated rings. The summed E-state index contributed by atoms with van der Waals surface area (Å²) in [4.78, 5) is 11.4. The summed E-state index contributed by atoms with van der Waals surface area (Å²) in [6, 6.07) is 0. The van der Waals surface area contributed by atoms with Gasteiger partial charge in [-0.3, -0.25) is 4.79 Å². The van der Waals surface area contributed by atoms with Gasteiger partial charge in [0, 0.05) is 6.42 Å². The maximum atomic E-state index is 11.4. The molecule has 0 bridgehead atoms. The van der Waals surface area contributed by atoms with Gasteiger partial charge in [-0.15, -0.1) is 0 Å². The van der Waals surface area contributed by atoms with E-state index in [0.29, 0.717) is 30.8 Å². The van der Waals surface area contributed by atoms with E-state index in [2.05, 4.69) is 20.8 Å². The second kappa shape index (κ2) is 5.38. The minimum absolute atomic E-state index is 0.00954. The average Bonchev–Trinajstić information content (AvgIpc) is 2.96. The highest BCUT2D eigenvalue weighted by molar-refractivity contribution is 5.69. The molecule has 1 rings (SSSR count). The summed E-state index contributed by atoms with van der Waals surface area (Å²) in [5.41, 5.74) is 0. The van der Waals surface area contributed by atoms with Gasteiger partial charge >= 0.3 is 5.97 Å². The average molecular weight is 198 g/mol. The summed E-state index contributed by atoms with van der Waals surface area (Å²) in [5, 5.41) is 0. The van der Waals surface area contributed by atoms with E-state index < -0.39 is 0 Å². The van der Waals surface area contributed by atoms with Crippen molar-refractivity contribution in [3.8, 4) is 0 Å². The Morgan fingerprint density at radius 3 is 2.50 bits per heavy atom. The Bertz CT molecular complexity index is 185. The first-order valence-electron chi connectivity index (χ1n) is 5.79. The highest BCUT2D eigenvalue weighted by Gasteiger charge is 2.23. The standard InChI is InChI=1S/C12H22O2/c1-4-9(2)10(3)7-12(13)14-8-11-5-6-11/h9-11H,4-8H2,1-3H3. The molecule has 2 nitrogen and oxygen atoms in total. The van der Waals surface area contributed by atoms with Gasteiger partial charge in [-0.2, -0.15) is 0 Å². The highest BCUT2D eigenvalue weighted by Crippen LogP contribution is 2.29. The molecule has 2 unspecified atom stereocenters. The van der Waals surface area contributed by atoms with Gasteiger partial charge < -0.3 is 4.74 Å². The number of ether oxygens (including phenoxy) is 1. The van der Waals surface area contributed by atoms with E-state index in [1.54, 1.807) is 0 Å². The SMILES string of the molecule is CCC(C)C(C)CC(=O)OCC1CC1. The van der Waals surface area contributed by atoms with Crippen molar-refractivity contribution in [1.29, 1.82) is 0 Å². The fourth-order valence-electron chi connectivity index (χ4n) is 1.42. The van der Waals surface area contributed by atoms with Crippen molar-refractivity contribution >= 4 is 5.97 Å². The zero-order valence-electron chi connectivity index (χ0n) is 9.58. The summed E-state index contributed by atoms with van der Waals surface area (Å²) < 4.78 is 5.19. The molecule has 1 saturated carbocycles. The van der Waals surface area contributed by atoms with Gasteiger partial charge in [0.1, 0.15) is 0 Å². The van der Waals surface area contributed by atoms with Crippen LogP contribution < -0.4 is 0 Å². The van der Waals surface area contributed by atoms with Crippen molar-refractivity contribution in [1.82, 2.24) is 0 Å². The van der Waals surface area contributed by atoms with Crippen LogP contribution >= 0.6 is 0 Å². The molecule has 0 aromatic heterocycles. The smallest absolute Gasteiger partial charge is 0.306 e. The Morgan fingerprint density at radius 2 is 2.00 bits per heavy atom. The summed E-state index contributed by atoms with van der Waals surface area (Å²) in [5.74, 6) is 1.73. The normalized spacial score (nSPS) is 20.2. The van der Waals surface area contributed by atoms with Crippen LogP contribution in [-0.2, 0) is 9.53 Å². The fraction of sp³-hybridized carbons (Fsp3) is 0.917. The molecule has 0 aliphatic heterocycles. The number of carbonyl (C=O) groups excluding carboxylic acids is 1. The molecular weight excluding hydrogens is 176 g/mol. The summed E-state index contributed by atoms with van der Waals surface area (Å²) in [6.45, 7) is 7.15. The molecule has 0 amide bonds. The molecule has 0 heterocycles. The first-order chi connectivity index (χ1) is 6.63. The van der Waals surface area contributed by atoms with Crippen molar-refractivity contribution in [3.63, 3.8) is 0 Å². The summed E-state index contributed by atoms with van der Waals surface area (Å²) >= 11 is 0. The van der Waals surface area contributed by atoms with E-state index in [1.165, 1.54) is 12.8 Å². The third-order valence-corrected chi connectivity index (χ3v) is 3.28. The Hall–Kier alpha value is -0.530. The molecular formula is C12H22O2. The molecule has 1 aliphatic carbocycles. The van der Waals surface area contributed by atoms with Gasteiger partial charge in [-0.05, 0) is 30.6 Å². The predicted molar refractivity (Wildman–Crippen MR) is 56.9 cm³/mol. The number of esters is 1. The maximum absolute atomic E-state index is 11.4. The Balaban J connectivity index is 2.11. The van der Waals surface area contributed by atoms with Gasteiger partial charge in [-0.25, -0.2) is 0 Å². The van der Waals surface area contributed by atoms with Gasteiger partial charge in [0.2, 0.25) is 0 Å². The third kappa shape index (κ3) is 4.12. The van der Waals surface area contributed by atoms with E-state index in [9.17, 15) is 4.79 Å². The minimum Gasteiger partial charge on any atom is -0.465 e. The van der Waals surface area contributed by atoms with Crippen LogP contribution in [0.1, 0.15) is 46.5 Å². The molecule has 0 aromatic rings. The lowest BCUT2D eigenvalue weighted by Crippen LogP contribution is -2.15. The van der Waals surface area contributed by atoms with Crippen molar-refractivity contribution in [3.05, 3.63) is 0 Å². The second-order valence-corrected chi connectivity index (χ2v) is 4.69. The summed E-state index contributed by atoms with van der Waals surface area (Å²) in [6.07, 6.45) is 4.21. The predicted octanol–water partition coefficient (Wildman–Crippen LogP) is 3.01. The van der Waals surface area contributed by atoms with E-state index in [1.807, 2.05) is 0 Å². The molecule has 0 aromatic carbocycles. The van der Waals surface area contributed by atoms with Crippen LogP contribution in [-0.4, -0.2) is 12.6 Å². The van der Waals surface area contributed by atoms with Crippen molar-refractivity contribution < 1.29 is 9.53 Å². The Labute approximate surface area is 87.0 Å². The van der Waals surface area contributed by atoms with Crippen LogP contribution in [0.4, 0.5) is 0 Å². The lowest BCUT2D eigenvalue weighted by Gasteiger charge is -2.17. The van der Waals surface area contributed by atoms with Gasteiger partial charge in [0.25, 0.3) is 0 Å². The van der Waals surface area contributed by atoms with Crippen LogP contribution in [0.3, 0.4) is 0 Å². The van der Waals surface area contributed by atoms with E-state index >= 15 is 0 Å². The largest absolute Gasteiger partial charge is 0.465 e. The third-order valence-electron chi connectivity index (χ3n) is 3.28. The topological polar surface area (TPSA) is 26.3 Å². The minimum atomic E-state index is -0.00954. The zero-order chi connectivity index (χ0) is 10.6. The van der Waals surface area contributed by atoms with E-state index in [-0.39, 0.29) is 5.97 Å². The molecule has 2 atom stereocenters. The molecule has 1 aliphatic rings. The number of hydrogen-bond donors (Lipinski definition) is 0. The van der Waals surface area contributed by atoms with Gasteiger partial charge in [-0.1, -0.05) is 27.2 Å². The van der Waals surface area contributed by atoms with Crippen molar-refractivity contribution in [2.75, 3.05) is 6.61 Å². The van der Waals surface area contributed by atoms with E-state index in [4.69, 9.17) is 4.74 Å².